The summed E-state index contributed by atoms with van der Waals surface area (Å²) in [6.45, 7) is -0.682. The Balaban J connectivity index is 1.35. The number of hydrogen-bond donors (Lipinski definition) is 1. The third kappa shape index (κ3) is 5.26. The minimum atomic E-state index is -1.10. The van der Waals surface area contributed by atoms with Crippen LogP contribution in [-0.4, -0.2) is 70.8 Å². The fraction of sp³-hybridized carbons (Fsp3) is 0.176. The standard InChI is InChI=1S/C34H30N4O5/c39-23-32(41)30-22-35(33(42)37(25-12-3-1-4-13-25)26-14-5-2-6-15-26)19-20-36(30)34(43)38-28-17-9-7-11-24(28)21-31(40)27-16-8-10-18-29(27)38/h1-18,30,39H,19-23H2/t30-/m0/s1. The Kier molecular flexibility index (Phi) is 7.72. The lowest BCUT2D eigenvalue weighted by Crippen LogP contribution is -2.63. The Morgan fingerprint density at radius 2 is 1.33 bits per heavy atom. The molecule has 2 aliphatic rings. The second-order valence-electron chi connectivity index (χ2n) is 10.4. The highest BCUT2D eigenvalue weighted by Gasteiger charge is 2.41. The number of carbonyl (C=O) groups excluding carboxylic acids is 4. The van der Waals surface area contributed by atoms with Crippen molar-refractivity contribution in [1.29, 1.82) is 0 Å². The molecule has 9 nitrogen and oxygen atoms in total. The molecule has 216 valence electrons. The Morgan fingerprint density at radius 1 is 0.744 bits per heavy atom. The molecule has 1 fully saturated rings. The van der Waals surface area contributed by atoms with Crippen molar-refractivity contribution in [2.24, 2.45) is 0 Å². The number of hydrogen-bond acceptors (Lipinski definition) is 5. The minimum Gasteiger partial charge on any atom is -0.388 e. The monoisotopic (exact) mass is 574 g/mol. The van der Waals surface area contributed by atoms with Gasteiger partial charge in [0.05, 0.1) is 29.3 Å². The fourth-order valence-corrected chi connectivity index (χ4v) is 5.75. The molecule has 0 radical (unpaired) electrons. The average Bonchev–Trinajstić information content (AvgIpc) is 3.18. The third-order valence-corrected chi connectivity index (χ3v) is 7.86. The summed E-state index contributed by atoms with van der Waals surface area (Å²) in [6.07, 6.45) is 0.132. The minimum absolute atomic E-state index is 0.0488. The lowest BCUT2D eigenvalue weighted by Gasteiger charge is -2.43. The molecule has 43 heavy (non-hydrogen) atoms. The highest BCUT2D eigenvalue weighted by molar-refractivity contribution is 6.12. The lowest BCUT2D eigenvalue weighted by molar-refractivity contribution is -0.127. The van der Waals surface area contributed by atoms with Crippen LogP contribution in [0.4, 0.5) is 32.3 Å². The number of nitrogens with zero attached hydrogens (tertiary/aromatic N) is 4. The van der Waals surface area contributed by atoms with Crippen molar-refractivity contribution in [1.82, 2.24) is 9.80 Å². The largest absolute Gasteiger partial charge is 0.388 e. The van der Waals surface area contributed by atoms with Gasteiger partial charge in [-0.15, -0.1) is 0 Å². The van der Waals surface area contributed by atoms with Crippen LogP contribution in [0.1, 0.15) is 15.9 Å². The summed E-state index contributed by atoms with van der Waals surface area (Å²) in [5.74, 6) is -0.692. The van der Waals surface area contributed by atoms with Gasteiger partial charge in [-0.25, -0.2) is 9.59 Å². The number of fused-ring (bicyclic) bond motifs is 2. The second kappa shape index (κ2) is 11.9. The van der Waals surface area contributed by atoms with E-state index in [0.29, 0.717) is 33.9 Å². The van der Waals surface area contributed by atoms with E-state index in [9.17, 15) is 24.3 Å². The SMILES string of the molecule is O=C1Cc2ccccc2N(C(=O)N2CCN(C(=O)N(c3ccccc3)c3ccccc3)C[C@H]2C(=O)CO)c2ccccc21. The number of piperazine rings is 1. The molecule has 0 unspecified atom stereocenters. The average molecular weight is 575 g/mol. The number of amides is 4. The van der Waals surface area contributed by atoms with Gasteiger partial charge in [0.2, 0.25) is 0 Å². The van der Waals surface area contributed by atoms with Crippen molar-refractivity contribution in [2.45, 2.75) is 12.5 Å². The van der Waals surface area contributed by atoms with Crippen LogP contribution in [0.2, 0.25) is 0 Å². The van der Waals surface area contributed by atoms with Crippen LogP contribution in [0.15, 0.2) is 109 Å². The fourth-order valence-electron chi connectivity index (χ4n) is 5.75. The van der Waals surface area contributed by atoms with Crippen molar-refractivity contribution >= 4 is 46.4 Å². The van der Waals surface area contributed by atoms with E-state index in [1.165, 1.54) is 14.7 Å². The number of Topliss-reactive ketones (excluding diaryl/α,β-unsaturated/α-hetero) is 2. The first-order chi connectivity index (χ1) is 21.0. The van der Waals surface area contributed by atoms with Gasteiger partial charge >= 0.3 is 12.1 Å². The van der Waals surface area contributed by atoms with Gasteiger partial charge in [0.15, 0.2) is 11.6 Å². The number of ketones is 2. The molecule has 0 bridgehead atoms. The zero-order chi connectivity index (χ0) is 29.9. The summed E-state index contributed by atoms with van der Waals surface area (Å²) in [4.78, 5) is 60.8. The zero-order valence-electron chi connectivity index (χ0n) is 23.4. The summed E-state index contributed by atoms with van der Waals surface area (Å²) in [7, 11) is 0. The third-order valence-electron chi connectivity index (χ3n) is 7.86. The zero-order valence-corrected chi connectivity index (χ0v) is 23.4. The van der Waals surface area contributed by atoms with E-state index in [1.54, 1.807) is 41.3 Å². The maximum absolute atomic E-state index is 14.4. The molecule has 1 saturated heterocycles. The summed E-state index contributed by atoms with van der Waals surface area (Å²) >= 11 is 0. The smallest absolute Gasteiger partial charge is 0.329 e. The molecule has 4 aromatic rings. The number of benzene rings is 4. The van der Waals surface area contributed by atoms with Gasteiger partial charge in [0.1, 0.15) is 12.6 Å². The number of urea groups is 2. The van der Waals surface area contributed by atoms with E-state index < -0.39 is 24.5 Å². The van der Waals surface area contributed by atoms with Crippen LogP contribution >= 0.6 is 0 Å². The first-order valence-electron chi connectivity index (χ1n) is 14.1. The molecular weight excluding hydrogens is 544 g/mol. The molecule has 0 spiro atoms. The van der Waals surface area contributed by atoms with Crippen LogP contribution in [0.5, 0.6) is 0 Å². The topological polar surface area (TPSA) is 101 Å². The van der Waals surface area contributed by atoms with Crippen LogP contribution < -0.4 is 9.80 Å². The number of para-hydroxylation sites is 4. The van der Waals surface area contributed by atoms with E-state index in [2.05, 4.69) is 0 Å². The maximum Gasteiger partial charge on any atom is 0.329 e. The molecule has 0 aromatic heterocycles. The predicted octanol–water partition coefficient (Wildman–Crippen LogP) is 5.19. The number of rotatable bonds is 4. The summed E-state index contributed by atoms with van der Waals surface area (Å²) in [5, 5.41) is 9.92. The van der Waals surface area contributed by atoms with Gasteiger partial charge in [0.25, 0.3) is 0 Å². The van der Waals surface area contributed by atoms with Crippen molar-refractivity contribution in [3.05, 3.63) is 120 Å². The molecule has 0 aliphatic carbocycles. The Morgan fingerprint density at radius 3 is 1.98 bits per heavy atom. The predicted molar refractivity (Wildman–Crippen MR) is 163 cm³/mol. The van der Waals surface area contributed by atoms with Crippen molar-refractivity contribution < 1.29 is 24.3 Å². The second-order valence-corrected chi connectivity index (χ2v) is 10.4. The van der Waals surface area contributed by atoms with Crippen LogP contribution in [0.3, 0.4) is 0 Å². The van der Waals surface area contributed by atoms with E-state index in [1.807, 2.05) is 72.8 Å². The van der Waals surface area contributed by atoms with E-state index in [4.69, 9.17) is 0 Å². The first kappa shape index (κ1) is 27.9. The number of aliphatic hydroxyl groups is 1. The van der Waals surface area contributed by atoms with Crippen LogP contribution in [-0.2, 0) is 11.2 Å². The Labute approximate surface area is 249 Å². The highest BCUT2D eigenvalue weighted by atomic mass is 16.3. The molecule has 2 heterocycles. The molecule has 9 heteroatoms. The maximum atomic E-state index is 14.4. The molecule has 0 saturated carbocycles. The van der Waals surface area contributed by atoms with E-state index >= 15 is 0 Å². The number of aliphatic hydroxyl groups excluding tert-OH is 1. The van der Waals surface area contributed by atoms with Crippen molar-refractivity contribution in [2.75, 3.05) is 36.0 Å². The highest BCUT2D eigenvalue weighted by Crippen LogP contribution is 2.37. The summed E-state index contributed by atoms with van der Waals surface area (Å²) in [6, 6.07) is 30.6. The van der Waals surface area contributed by atoms with Crippen LogP contribution in [0.25, 0.3) is 0 Å². The van der Waals surface area contributed by atoms with Gasteiger partial charge in [-0.05, 0) is 48.0 Å². The van der Waals surface area contributed by atoms with Gasteiger partial charge in [-0.1, -0.05) is 66.7 Å². The molecular formula is C34H30N4O5. The Bertz CT molecular complexity index is 1640. The quantitative estimate of drug-likeness (QED) is 0.362. The molecule has 1 N–H and O–H groups in total. The molecule has 4 aromatic carbocycles. The number of anilines is 4. The van der Waals surface area contributed by atoms with Gasteiger partial charge in [0, 0.05) is 25.1 Å². The van der Waals surface area contributed by atoms with Gasteiger partial charge in [-0.2, -0.15) is 0 Å². The normalized spacial score (nSPS) is 16.2. The summed E-state index contributed by atoms with van der Waals surface area (Å²) in [5.41, 5.74) is 3.40. The van der Waals surface area contributed by atoms with E-state index in [-0.39, 0.29) is 37.9 Å². The molecule has 1 atom stereocenters. The van der Waals surface area contributed by atoms with Crippen LogP contribution in [0, 0.1) is 0 Å². The molecule has 4 amide bonds. The van der Waals surface area contributed by atoms with Gasteiger partial charge in [-0.3, -0.25) is 19.4 Å². The lowest BCUT2D eigenvalue weighted by atomic mass is 10.0. The van der Waals surface area contributed by atoms with Crippen molar-refractivity contribution in [3.63, 3.8) is 0 Å². The van der Waals surface area contributed by atoms with Gasteiger partial charge < -0.3 is 14.9 Å². The molecule has 2 aliphatic heterocycles. The Hall–Kier alpha value is -5.28. The first-order valence-corrected chi connectivity index (χ1v) is 14.1. The number of carbonyl (C=O) groups is 4. The van der Waals surface area contributed by atoms with E-state index in [0.717, 1.165) is 0 Å². The summed E-state index contributed by atoms with van der Waals surface area (Å²) < 4.78 is 0. The van der Waals surface area contributed by atoms with Crippen molar-refractivity contribution in [3.8, 4) is 0 Å². The molecule has 6 rings (SSSR count).